The first kappa shape index (κ1) is 24.0. The lowest BCUT2D eigenvalue weighted by atomic mass is 10.00. The van der Waals surface area contributed by atoms with E-state index in [2.05, 4.69) is 10.6 Å². The van der Waals surface area contributed by atoms with Gasteiger partial charge in [-0.15, -0.1) is 0 Å². The summed E-state index contributed by atoms with van der Waals surface area (Å²) >= 11 is 0. The molecule has 0 saturated carbocycles. The van der Waals surface area contributed by atoms with Gasteiger partial charge in [0.25, 0.3) is 5.91 Å². The Hall–Kier alpha value is -4.13. The molecule has 3 aromatic rings. The number of para-hydroxylation sites is 1. The molecular weight excluding hydrogens is 442 g/mol. The van der Waals surface area contributed by atoms with Crippen LogP contribution in [0.15, 0.2) is 78.9 Å². The van der Waals surface area contributed by atoms with Crippen molar-refractivity contribution in [2.45, 2.75) is 39.5 Å². The molecule has 1 saturated heterocycles. The number of carbonyl (C=O) groups excluding carboxylic acids is 3. The lowest BCUT2D eigenvalue weighted by Gasteiger charge is -2.24. The normalized spacial score (nSPS) is 17.3. The highest BCUT2D eigenvalue weighted by atomic mass is 16.6. The van der Waals surface area contributed by atoms with Gasteiger partial charge in [0.05, 0.1) is 6.54 Å². The second kappa shape index (κ2) is 10.4. The molecule has 0 bridgehead atoms. The first-order chi connectivity index (χ1) is 16.8. The van der Waals surface area contributed by atoms with Crippen LogP contribution in [0.25, 0.3) is 0 Å². The number of nitrogens with one attached hydrogen (secondary N) is 2. The molecular formula is C28H29N3O4. The Morgan fingerprint density at radius 3 is 2.26 bits per heavy atom. The number of nitrogens with zero attached hydrogens (tertiary/aromatic N) is 1. The van der Waals surface area contributed by atoms with Gasteiger partial charge in [0.15, 0.2) is 12.1 Å². The number of amides is 3. The summed E-state index contributed by atoms with van der Waals surface area (Å²) in [4.78, 5) is 39.9. The standard InChI is InChI=1S/C28H29N3O4/c1-18(2)26(32)29-23-14-12-21(13-15-23)25-24(27(33)30-22-10-5-4-6-11-22)31(28(34)35-25)17-20-9-7-8-19(3)16-20/h4-16,18,24-25H,17H2,1-3H3,(H,29,32)(H,30,33)/t24-,25+/m0/s1. The van der Waals surface area contributed by atoms with E-state index in [1.165, 1.54) is 4.90 Å². The van der Waals surface area contributed by atoms with Gasteiger partial charge in [-0.25, -0.2) is 4.79 Å². The molecule has 35 heavy (non-hydrogen) atoms. The molecule has 3 amide bonds. The van der Waals surface area contributed by atoms with E-state index < -0.39 is 18.2 Å². The summed E-state index contributed by atoms with van der Waals surface area (Å²) in [6.45, 7) is 5.86. The van der Waals surface area contributed by atoms with Crippen LogP contribution in [-0.2, 0) is 20.9 Å². The van der Waals surface area contributed by atoms with Crippen molar-refractivity contribution in [2.75, 3.05) is 10.6 Å². The van der Waals surface area contributed by atoms with E-state index in [9.17, 15) is 14.4 Å². The topological polar surface area (TPSA) is 87.7 Å². The molecule has 0 aliphatic carbocycles. The molecule has 0 unspecified atom stereocenters. The summed E-state index contributed by atoms with van der Waals surface area (Å²) in [6.07, 6.45) is -1.35. The van der Waals surface area contributed by atoms with Crippen molar-refractivity contribution in [1.29, 1.82) is 0 Å². The molecule has 2 N–H and O–H groups in total. The molecule has 4 rings (SSSR count). The van der Waals surface area contributed by atoms with Gasteiger partial charge in [-0.1, -0.05) is 74.0 Å². The zero-order valence-corrected chi connectivity index (χ0v) is 20.0. The first-order valence-corrected chi connectivity index (χ1v) is 11.6. The summed E-state index contributed by atoms with van der Waals surface area (Å²) in [7, 11) is 0. The molecule has 1 aliphatic rings. The maximum atomic E-state index is 13.5. The third-order valence-corrected chi connectivity index (χ3v) is 5.86. The smallest absolute Gasteiger partial charge is 0.411 e. The van der Waals surface area contributed by atoms with Gasteiger partial charge < -0.3 is 15.4 Å². The van der Waals surface area contributed by atoms with E-state index in [-0.39, 0.29) is 24.3 Å². The Bertz CT molecular complexity index is 1210. The van der Waals surface area contributed by atoms with Gasteiger partial charge in [0, 0.05) is 17.3 Å². The third-order valence-electron chi connectivity index (χ3n) is 5.86. The maximum Gasteiger partial charge on any atom is 0.411 e. The predicted molar refractivity (Wildman–Crippen MR) is 135 cm³/mol. The van der Waals surface area contributed by atoms with Crippen LogP contribution in [0.1, 0.15) is 36.6 Å². The maximum absolute atomic E-state index is 13.5. The van der Waals surface area contributed by atoms with E-state index in [1.807, 2.05) is 63.2 Å². The zero-order chi connectivity index (χ0) is 24.9. The van der Waals surface area contributed by atoms with Crippen LogP contribution in [0.2, 0.25) is 0 Å². The summed E-state index contributed by atoms with van der Waals surface area (Å²) in [5, 5.41) is 5.76. The Balaban J connectivity index is 1.62. The van der Waals surface area contributed by atoms with E-state index >= 15 is 0 Å². The number of anilines is 2. The summed E-state index contributed by atoms with van der Waals surface area (Å²) < 4.78 is 5.73. The quantitative estimate of drug-likeness (QED) is 0.490. The minimum atomic E-state index is -0.876. The summed E-state index contributed by atoms with van der Waals surface area (Å²) in [6, 6.07) is 23.1. The Morgan fingerprint density at radius 1 is 0.914 bits per heavy atom. The molecule has 0 spiro atoms. The second-order valence-electron chi connectivity index (χ2n) is 8.99. The van der Waals surface area contributed by atoms with Crippen molar-refractivity contribution in [2.24, 2.45) is 5.92 Å². The highest BCUT2D eigenvalue weighted by Crippen LogP contribution is 2.35. The highest BCUT2D eigenvalue weighted by Gasteiger charge is 2.47. The Labute approximate surface area is 205 Å². The van der Waals surface area contributed by atoms with Crippen LogP contribution in [0.4, 0.5) is 16.2 Å². The molecule has 7 nitrogen and oxygen atoms in total. The molecule has 1 aliphatic heterocycles. The molecule has 0 radical (unpaired) electrons. The molecule has 1 fully saturated rings. The molecule has 1 heterocycles. The van der Waals surface area contributed by atoms with Crippen molar-refractivity contribution in [3.8, 4) is 0 Å². The van der Waals surface area contributed by atoms with Gasteiger partial charge in [0.2, 0.25) is 5.91 Å². The van der Waals surface area contributed by atoms with E-state index in [1.54, 1.807) is 36.4 Å². The van der Waals surface area contributed by atoms with Crippen LogP contribution in [0.3, 0.4) is 0 Å². The van der Waals surface area contributed by atoms with Crippen molar-refractivity contribution in [1.82, 2.24) is 4.90 Å². The van der Waals surface area contributed by atoms with Crippen molar-refractivity contribution in [3.63, 3.8) is 0 Å². The second-order valence-corrected chi connectivity index (χ2v) is 8.99. The number of benzene rings is 3. The molecule has 2 atom stereocenters. The fourth-order valence-corrected chi connectivity index (χ4v) is 4.00. The molecule has 3 aromatic carbocycles. The molecule has 180 valence electrons. The number of cyclic esters (lactones) is 1. The van der Waals surface area contributed by atoms with Gasteiger partial charge in [-0.3, -0.25) is 14.5 Å². The third kappa shape index (κ3) is 5.69. The van der Waals surface area contributed by atoms with E-state index in [4.69, 9.17) is 4.74 Å². The van der Waals surface area contributed by atoms with Gasteiger partial charge >= 0.3 is 6.09 Å². The lowest BCUT2D eigenvalue weighted by molar-refractivity contribution is -0.121. The van der Waals surface area contributed by atoms with E-state index in [0.717, 1.165) is 11.1 Å². The predicted octanol–water partition coefficient (Wildman–Crippen LogP) is 5.29. The minimum absolute atomic E-state index is 0.0884. The highest BCUT2D eigenvalue weighted by molar-refractivity contribution is 5.98. The first-order valence-electron chi connectivity index (χ1n) is 11.6. The molecule has 0 aromatic heterocycles. The number of carbonyl (C=O) groups is 3. The van der Waals surface area contributed by atoms with Gasteiger partial charge in [-0.05, 0) is 42.3 Å². The number of ether oxygens (including phenoxy) is 1. The van der Waals surface area contributed by atoms with Crippen LogP contribution in [-0.4, -0.2) is 28.8 Å². The van der Waals surface area contributed by atoms with Crippen molar-refractivity contribution in [3.05, 3.63) is 95.6 Å². The van der Waals surface area contributed by atoms with Crippen LogP contribution in [0.5, 0.6) is 0 Å². The molecule has 7 heteroatoms. The SMILES string of the molecule is Cc1cccc(CN2C(=O)O[C@H](c3ccc(NC(=O)C(C)C)cc3)[C@H]2C(=O)Nc2ccccc2)c1. The average Bonchev–Trinajstić information content (AvgIpc) is 3.16. The van der Waals surface area contributed by atoms with Crippen LogP contribution < -0.4 is 10.6 Å². The number of hydrogen-bond donors (Lipinski definition) is 2. The van der Waals surface area contributed by atoms with Gasteiger partial charge in [-0.2, -0.15) is 0 Å². The zero-order valence-electron chi connectivity index (χ0n) is 20.0. The number of aryl methyl sites for hydroxylation is 1. The Morgan fingerprint density at radius 2 is 1.60 bits per heavy atom. The fourth-order valence-electron chi connectivity index (χ4n) is 4.00. The van der Waals surface area contributed by atoms with Crippen molar-refractivity contribution >= 4 is 29.3 Å². The Kier molecular flexibility index (Phi) is 7.15. The average molecular weight is 472 g/mol. The largest absolute Gasteiger partial charge is 0.438 e. The van der Waals surface area contributed by atoms with Crippen LogP contribution >= 0.6 is 0 Å². The van der Waals surface area contributed by atoms with Crippen molar-refractivity contribution < 1.29 is 19.1 Å². The monoisotopic (exact) mass is 471 g/mol. The van der Waals surface area contributed by atoms with E-state index in [0.29, 0.717) is 16.9 Å². The minimum Gasteiger partial charge on any atom is -0.438 e. The number of hydrogen-bond acceptors (Lipinski definition) is 4. The number of rotatable bonds is 7. The summed E-state index contributed by atoms with van der Waals surface area (Å²) in [5.41, 5.74) is 3.92. The lowest BCUT2D eigenvalue weighted by Crippen LogP contribution is -2.43. The van der Waals surface area contributed by atoms with Gasteiger partial charge in [0.1, 0.15) is 0 Å². The fraction of sp³-hybridized carbons (Fsp3) is 0.250. The summed E-state index contributed by atoms with van der Waals surface area (Å²) in [5.74, 6) is -0.571. The van der Waals surface area contributed by atoms with Crippen LogP contribution in [0, 0.1) is 12.8 Å².